The summed E-state index contributed by atoms with van der Waals surface area (Å²) in [4.78, 5) is 20.6. The van der Waals surface area contributed by atoms with E-state index >= 15 is 0 Å². The van der Waals surface area contributed by atoms with Crippen LogP contribution in [0, 0.1) is 0 Å². The van der Waals surface area contributed by atoms with Gasteiger partial charge in [0.2, 0.25) is 0 Å². The van der Waals surface area contributed by atoms with Crippen LogP contribution in [0.2, 0.25) is 0 Å². The minimum Gasteiger partial charge on any atom is -0.350 e. The Labute approximate surface area is 129 Å². The van der Waals surface area contributed by atoms with Gasteiger partial charge in [-0.25, -0.2) is 4.98 Å². The summed E-state index contributed by atoms with van der Waals surface area (Å²) < 4.78 is 2.18. The number of nitrogens with zero attached hydrogens (tertiary/aromatic N) is 3. The van der Waals surface area contributed by atoms with E-state index < -0.39 is 0 Å². The quantitative estimate of drug-likeness (QED) is 0.786. The molecule has 22 heavy (non-hydrogen) atoms. The Balaban J connectivity index is 1.68. The molecule has 0 aliphatic carbocycles. The first-order valence-corrected chi connectivity index (χ1v) is 7.43. The lowest BCUT2D eigenvalue weighted by atomic mass is 10.3. The molecule has 2 aromatic heterocycles. The SMILES string of the molecule is CCn1c(CCNC(=O)c2ccccn2)nc2ccccc21. The van der Waals surface area contributed by atoms with Crippen LogP contribution in [-0.2, 0) is 13.0 Å². The first kappa shape index (κ1) is 14.3. The summed E-state index contributed by atoms with van der Waals surface area (Å²) in [5.74, 6) is 0.838. The van der Waals surface area contributed by atoms with Gasteiger partial charge < -0.3 is 9.88 Å². The highest BCUT2D eigenvalue weighted by atomic mass is 16.1. The Kier molecular flexibility index (Phi) is 4.14. The fraction of sp³-hybridized carbons (Fsp3) is 0.235. The molecule has 0 aliphatic heterocycles. The summed E-state index contributed by atoms with van der Waals surface area (Å²) in [6.45, 7) is 3.51. The average molecular weight is 294 g/mol. The van der Waals surface area contributed by atoms with E-state index in [1.165, 1.54) is 0 Å². The number of amides is 1. The predicted molar refractivity (Wildman–Crippen MR) is 85.7 cm³/mol. The second-order valence-corrected chi connectivity index (χ2v) is 4.98. The molecule has 3 rings (SSSR count). The molecule has 0 bridgehead atoms. The van der Waals surface area contributed by atoms with Crippen molar-refractivity contribution in [1.82, 2.24) is 19.9 Å². The fourth-order valence-electron chi connectivity index (χ4n) is 2.54. The fourth-order valence-corrected chi connectivity index (χ4v) is 2.54. The van der Waals surface area contributed by atoms with E-state index in [0.717, 1.165) is 23.4 Å². The van der Waals surface area contributed by atoms with Gasteiger partial charge in [-0.1, -0.05) is 18.2 Å². The number of fused-ring (bicyclic) bond motifs is 1. The molecule has 5 heteroatoms. The zero-order valence-electron chi connectivity index (χ0n) is 12.5. The number of nitrogens with one attached hydrogen (secondary N) is 1. The van der Waals surface area contributed by atoms with Gasteiger partial charge in [-0.3, -0.25) is 9.78 Å². The second kappa shape index (κ2) is 6.39. The van der Waals surface area contributed by atoms with E-state index in [1.54, 1.807) is 24.4 Å². The summed E-state index contributed by atoms with van der Waals surface area (Å²) in [7, 11) is 0. The molecule has 0 unspecified atom stereocenters. The molecule has 1 amide bonds. The second-order valence-electron chi connectivity index (χ2n) is 4.98. The lowest BCUT2D eigenvalue weighted by Gasteiger charge is -2.07. The minimum absolute atomic E-state index is 0.153. The first-order valence-electron chi connectivity index (χ1n) is 7.43. The van der Waals surface area contributed by atoms with Gasteiger partial charge in [-0.15, -0.1) is 0 Å². The van der Waals surface area contributed by atoms with Crippen LogP contribution in [0.4, 0.5) is 0 Å². The van der Waals surface area contributed by atoms with E-state index in [1.807, 2.05) is 18.2 Å². The van der Waals surface area contributed by atoms with Crippen LogP contribution in [0.1, 0.15) is 23.2 Å². The lowest BCUT2D eigenvalue weighted by Crippen LogP contribution is -2.27. The van der Waals surface area contributed by atoms with Gasteiger partial charge in [0, 0.05) is 25.7 Å². The number of hydrogen-bond acceptors (Lipinski definition) is 3. The zero-order chi connectivity index (χ0) is 15.4. The van der Waals surface area contributed by atoms with E-state index in [2.05, 4.69) is 32.8 Å². The van der Waals surface area contributed by atoms with Gasteiger partial charge >= 0.3 is 0 Å². The molecule has 3 aromatic rings. The van der Waals surface area contributed by atoms with Gasteiger partial charge in [0.15, 0.2) is 0 Å². The van der Waals surface area contributed by atoms with E-state index in [0.29, 0.717) is 18.7 Å². The number of hydrogen-bond donors (Lipinski definition) is 1. The van der Waals surface area contributed by atoms with Gasteiger partial charge in [0.25, 0.3) is 5.91 Å². The van der Waals surface area contributed by atoms with Crippen LogP contribution < -0.4 is 5.32 Å². The lowest BCUT2D eigenvalue weighted by molar-refractivity contribution is 0.0949. The van der Waals surface area contributed by atoms with E-state index in [4.69, 9.17) is 0 Å². The summed E-state index contributed by atoms with van der Waals surface area (Å²) in [5, 5.41) is 2.89. The Bertz CT molecular complexity index is 780. The predicted octanol–water partition coefficient (Wildman–Crippen LogP) is 2.42. The molecule has 5 nitrogen and oxygen atoms in total. The third-order valence-electron chi connectivity index (χ3n) is 3.58. The molecule has 0 fully saturated rings. The van der Waals surface area contributed by atoms with Crippen LogP contribution in [0.15, 0.2) is 48.7 Å². The molecule has 0 atom stereocenters. The molecule has 2 heterocycles. The number of rotatable bonds is 5. The van der Waals surface area contributed by atoms with Gasteiger partial charge in [0.1, 0.15) is 11.5 Å². The molecule has 112 valence electrons. The van der Waals surface area contributed by atoms with Gasteiger partial charge in [-0.05, 0) is 31.2 Å². The molecule has 1 N–H and O–H groups in total. The maximum Gasteiger partial charge on any atom is 0.269 e. The zero-order valence-corrected chi connectivity index (χ0v) is 12.5. The maximum absolute atomic E-state index is 12.0. The summed E-state index contributed by atoms with van der Waals surface area (Å²) in [6.07, 6.45) is 2.31. The number of pyridine rings is 1. The topological polar surface area (TPSA) is 59.8 Å². The first-order chi connectivity index (χ1) is 10.8. The van der Waals surface area contributed by atoms with Crippen LogP contribution >= 0.6 is 0 Å². The molecular formula is C17H18N4O. The Morgan fingerprint density at radius 1 is 1.18 bits per heavy atom. The van der Waals surface area contributed by atoms with Crippen molar-refractivity contribution in [2.24, 2.45) is 0 Å². The Morgan fingerprint density at radius 3 is 2.77 bits per heavy atom. The number of imidazole rings is 1. The Morgan fingerprint density at radius 2 is 2.00 bits per heavy atom. The molecule has 0 saturated carbocycles. The van der Waals surface area contributed by atoms with E-state index in [-0.39, 0.29) is 5.91 Å². The average Bonchev–Trinajstić information content (AvgIpc) is 2.93. The monoisotopic (exact) mass is 294 g/mol. The smallest absolute Gasteiger partial charge is 0.269 e. The number of aryl methyl sites for hydroxylation is 1. The third kappa shape index (κ3) is 2.83. The highest BCUT2D eigenvalue weighted by Crippen LogP contribution is 2.16. The van der Waals surface area contributed by atoms with Crippen molar-refractivity contribution >= 4 is 16.9 Å². The van der Waals surface area contributed by atoms with Crippen molar-refractivity contribution in [3.8, 4) is 0 Å². The van der Waals surface area contributed by atoms with Crippen molar-refractivity contribution in [1.29, 1.82) is 0 Å². The van der Waals surface area contributed by atoms with Gasteiger partial charge in [0.05, 0.1) is 11.0 Å². The summed E-state index contributed by atoms with van der Waals surface area (Å²) in [5.41, 5.74) is 2.57. The van der Waals surface area contributed by atoms with Crippen molar-refractivity contribution in [3.05, 3.63) is 60.2 Å². The number of carbonyl (C=O) groups is 1. The highest BCUT2D eigenvalue weighted by Gasteiger charge is 2.10. The maximum atomic E-state index is 12.0. The summed E-state index contributed by atoms with van der Waals surface area (Å²) in [6, 6.07) is 13.4. The largest absolute Gasteiger partial charge is 0.350 e. The number of benzene rings is 1. The summed E-state index contributed by atoms with van der Waals surface area (Å²) >= 11 is 0. The van der Waals surface area contributed by atoms with Crippen molar-refractivity contribution in [3.63, 3.8) is 0 Å². The van der Waals surface area contributed by atoms with Crippen LogP contribution in [0.3, 0.4) is 0 Å². The molecule has 0 spiro atoms. The number of para-hydroxylation sites is 2. The molecule has 1 aromatic carbocycles. The molecule has 0 saturated heterocycles. The molecule has 0 aliphatic rings. The van der Waals surface area contributed by atoms with Crippen molar-refractivity contribution in [2.45, 2.75) is 19.9 Å². The number of aromatic nitrogens is 3. The normalized spacial score (nSPS) is 10.8. The van der Waals surface area contributed by atoms with Crippen LogP contribution in [0.5, 0.6) is 0 Å². The van der Waals surface area contributed by atoms with Crippen LogP contribution in [-0.4, -0.2) is 27.0 Å². The minimum atomic E-state index is -0.153. The highest BCUT2D eigenvalue weighted by molar-refractivity contribution is 5.92. The standard InChI is InChI=1S/C17H18N4O/c1-2-21-15-9-4-3-7-13(15)20-16(21)10-12-19-17(22)14-8-5-6-11-18-14/h3-9,11H,2,10,12H2,1H3,(H,19,22). The molecular weight excluding hydrogens is 276 g/mol. The van der Waals surface area contributed by atoms with Gasteiger partial charge in [-0.2, -0.15) is 0 Å². The Hall–Kier alpha value is -2.69. The van der Waals surface area contributed by atoms with E-state index in [9.17, 15) is 4.79 Å². The number of carbonyl (C=O) groups excluding carboxylic acids is 1. The van der Waals surface area contributed by atoms with Crippen LogP contribution in [0.25, 0.3) is 11.0 Å². The van der Waals surface area contributed by atoms with Crippen molar-refractivity contribution in [2.75, 3.05) is 6.54 Å². The van der Waals surface area contributed by atoms with Crippen molar-refractivity contribution < 1.29 is 4.79 Å². The third-order valence-corrected chi connectivity index (χ3v) is 3.58. The molecule has 0 radical (unpaired) electrons.